The van der Waals surface area contributed by atoms with E-state index < -0.39 is 0 Å². The van der Waals surface area contributed by atoms with Crippen LogP contribution in [0.5, 0.6) is 5.75 Å². The van der Waals surface area contributed by atoms with Crippen molar-refractivity contribution in [2.24, 2.45) is 0 Å². The number of halogens is 1. The average Bonchev–Trinajstić information content (AvgIpc) is 3.11. The van der Waals surface area contributed by atoms with E-state index in [1.165, 1.54) is 0 Å². The van der Waals surface area contributed by atoms with Crippen LogP contribution in [0.2, 0.25) is 5.02 Å². The van der Waals surface area contributed by atoms with E-state index in [1.54, 1.807) is 12.1 Å². The van der Waals surface area contributed by atoms with Gasteiger partial charge in [0.1, 0.15) is 24.7 Å². The van der Waals surface area contributed by atoms with Crippen LogP contribution in [0.1, 0.15) is 24.4 Å². The zero-order chi connectivity index (χ0) is 20.9. The molecule has 1 unspecified atom stereocenters. The summed E-state index contributed by atoms with van der Waals surface area (Å²) in [6.45, 7) is 2.39. The van der Waals surface area contributed by atoms with Crippen LogP contribution >= 0.6 is 11.6 Å². The minimum Gasteiger partial charge on any atom is -0.486 e. The fourth-order valence-electron chi connectivity index (χ4n) is 3.35. The topological polar surface area (TPSA) is 56.2 Å². The Hall–Kier alpha value is -3.31. The molecule has 0 bridgehead atoms. The standard InChI is InChI=1S/C24H22ClN3O2/c1-17(18-7-3-2-4-8-18)26-24(29)15-28-22-10-6-5-9-21(22)27-23(28)16-30-20-13-11-19(25)12-14-20/h2-14,17H,15-16H2,1H3,(H,26,29). The van der Waals surface area contributed by atoms with Gasteiger partial charge in [0.25, 0.3) is 0 Å². The molecule has 5 nitrogen and oxygen atoms in total. The molecule has 1 aromatic heterocycles. The number of rotatable bonds is 7. The third-order valence-electron chi connectivity index (χ3n) is 4.89. The fourth-order valence-corrected chi connectivity index (χ4v) is 3.47. The number of fused-ring (bicyclic) bond motifs is 1. The van der Waals surface area contributed by atoms with Crippen molar-refractivity contribution < 1.29 is 9.53 Å². The molecule has 1 heterocycles. The maximum absolute atomic E-state index is 12.8. The number of ether oxygens (including phenoxy) is 1. The van der Waals surface area contributed by atoms with Gasteiger partial charge in [0.2, 0.25) is 5.91 Å². The molecule has 0 fully saturated rings. The minimum atomic E-state index is -0.0813. The third-order valence-corrected chi connectivity index (χ3v) is 5.15. The van der Waals surface area contributed by atoms with E-state index in [2.05, 4.69) is 10.3 Å². The van der Waals surface area contributed by atoms with Crippen molar-refractivity contribution in [2.75, 3.05) is 0 Å². The zero-order valence-electron chi connectivity index (χ0n) is 16.6. The Kier molecular flexibility index (Phi) is 6.00. The Balaban J connectivity index is 1.52. The predicted octanol–water partition coefficient (Wildman–Crippen LogP) is 5.15. The average molecular weight is 420 g/mol. The summed E-state index contributed by atoms with van der Waals surface area (Å²) in [6, 6.07) is 24.8. The van der Waals surface area contributed by atoms with Crippen LogP contribution in [0.3, 0.4) is 0 Å². The van der Waals surface area contributed by atoms with Gasteiger partial charge in [0.15, 0.2) is 0 Å². The molecule has 0 aliphatic rings. The summed E-state index contributed by atoms with van der Waals surface area (Å²) in [5, 5.41) is 3.72. The van der Waals surface area contributed by atoms with E-state index in [0.717, 1.165) is 16.6 Å². The van der Waals surface area contributed by atoms with E-state index in [4.69, 9.17) is 16.3 Å². The summed E-state index contributed by atoms with van der Waals surface area (Å²) < 4.78 is 7.78. The number of amides is 1. The van der Waals surface area contributed by atoms with Crippen LogP contribution in [-0.2, 0) is 17.9 Å². The van der Waals surface area contributed by atoms with Gasteiger partial charge in [-0.05, 0) is 48.9 Å². The number of carbonyl (C=O) groups is 1. The number of imidazole rings is 1. The van der Waals surface area contributed by atoms with E-state index in [9.17, 15) is 4.79 Å². The van der Waals surface area contributed by atoms with E-state index in [0.29, 0.717) is 16.6 Å². The monoisotopic (exact) mass is 419 g/mol. The number of hydrogen-bond donors (Lipinski definition) is 1. The lowest BCUT2D eigenvalue weighted by molar-refractivity contribution is -0.122. The SMILES string of the molecule is CC(NC(=O)Cn1c(COc2ccc(Cl)cc2)nc2ccccc21)c1ccccc1. The molecule has 1 atom stereocenters. The number of benzene rings is 3. The van der Waals surface area contributed by atoms with Crippen LogP contribution < -0.4 is 10.1 Å². The second-order valence-electron chi connectivity index (χ2n) is 7.05. The van der Waals surface area contributed by atoms with Gasteiger partial charge in [0.05, 0.1) is 17.1 Å². The summed E-state index contributed by atoms with van der Waals surface area (Å²) >= 11 is 5.93. The molecule has 0 spiro atoms. The second kappa shape index (κ2) is 9.01. The Morgan fingerprint density at radius 2 is 1.73 bits per heavy atom. The van der Waals surface area contributed by atoms with Gasteiger partial charge in [-0.25, -0.2) is 4.98 Å². The fraction of sp³-hybridized carbons (Fsp3) is 0.167. The smallest absolute Gasteiger partial charge is 0.240 e. The van der Waals surface area contributed by atoms with Crippen LogP contribution in [0.4, 0.5) is 0 Å². The van der Waals surface area contributed by atoms with Crippen LogP contribution in [-0.4, -0.2) is 15.5 Å². The van der Waals surface area contributed by atoms with Crippen molar-refractivity contribution in [1.82, 2.24) is 14.9 Å². The Labute approximate surface area is 180 Å². The largest absolute Gasteiger partial charge is 0.486 e. The molecule has 0 radical (unpaired) electrons. The van der Waals surface area contributed by atoms with E-state index in [1.807, 2.05) is 78.2 Å². The number of aromatic nitrogens is 2. The van der Waals surface area contributed by atoms with Crippen LogP contribution in [0, 0.1) is 0 Å². The van der Waals surface area contributed by atoms with E-state index >= 15 is 0 Å². The van der Waals surface area contributed by atoms with Gasteiger partial charge in [-0.2, -0.15) is 0 Å². The molecule has 0 saturated carbocycles. The molecule has 0 aliphatic carbocycles. The molecule has 3 aromatic carbocycles. The maximum atomic E-state index is 12.8. The maximum Gasteiger partial charge on any atom is 0.240 e. The Morgan fingerprint density at radius 3 is 2.50 bits per heavy atom. The van der Waals surface area contributed by atoms with Crippen molar-refractivity contribution in [3.8, 4) is 5.75 Å². The number of carbonyl (C=O) groups excluding carboxylic acids is 1. The molecule has 0 aliphatic heterocycles. The van der Waals surface area contributed by atoms with Crippen molar-refractivity contribution in [3.63, 3.8) is 0 Å². The summed E-state index contributed by atoms with van der Waals surface area (Å²) in [5.41, 5.74) is 2.79. The number of hydrogen-bond acceptors (Lipinski definition) is 3. The zero-order valence-corrected chi connectivity index (χ0v) is 17.3. The normalized spacial score (nSPS) is 11.9. The molecular formula is C24H22ClN3O2. The number of nitrogens with zero attached hydrogens (tertiary/aromatic N) is 2. The van der Waals surface area contributed by atoms with Gasteiger partial charge in [-0.15, -0.1) is 0 Å². The first-order chi connectivity index (χ1) is 14.6. The summed E-state index contributed by atoms with van der Waals surface area (Å²) in [4.78, 5) is 17.5. The molecule has 0 saturated heterocycles. The van der Waals surface area contributed by atoms with Gasteiger partial charge in [-0.3, -0.25) is 4.79 Å². The lowest BCUT2D eigenvalue weighted by Gasteiger charge is -2.16. The lowest BCUT2D eigenvalue weighted by Crippen LogP contribution is -2.30. The number of para-hydroxylation sites is 2. The molecule has 1 N–H and O–H groups in total. The van der Waals surface area contributed by atoms with E-state index in [-0.39, 0.29) is 25.1 Å². The van der Waals surface area contributed by atoms with Crippen LogP contribution in [0.25, 0.3) is 11.0 Å². The molecule has 4 rings (SSSR count). The first-order valence-electron chi connectivity index (χ1n) is 9.77. The van der Waals surface area contributed by atoms with Crippen molar-refractivity contribution in [2.45, 2.75) is 26.1 Å². The number of nitrogens with one attached hydrogen (secondary N) is 1. The quantitative estimate of drug-likeness (QED) is 0.451. The van der Waals surface area contributed by atoms with Gasteiger partial charge in [0, 0.05) is 5.02 Å². The van der Waals surface area contributed by atoms with Crippen LogP contribution in [0.15, 0.2) is 78.9 Å². The second-order valence-corrected chi connectivity index (χ2v) is 7.48. The summed E-state index contributed by atoms with van der Waals surface area (Å²) in [7, 11) is 0. The molecule has 1 amide bonds. The summed E-state index contributed by atoms with van der Waals surface area (Å²) in [6.07, 6.45) is 0. The summed E-state index contributed by atoms with van der Waals surface area (Å²) in [5.74, 6) is 1.30. The Bertz CT molecular complexity index is 1140. The Morgan fingerprint density at radius 1 is 1.03 bits per heavy atom. The molecule has 152 valence electrons. The first-order valence-corrected chi connectivity index (χ1v) is 10.1. The molecule has 30 heavy (non-hydrogen) atoms. The van der Waals surface area contributed by atoms with Crippen molar-refractivity contribution in [1.29, 1.82) is 0 Å². The van der Waals surface area contributed by atoms with Gasteiger partial charge >= 0.3 is 0 Å². The van der Waals surface area contributed by atoms with Gasteiger partial charge < -0.3 is 14.6 Å². The highest BCUT2D eigenvalue weighted by Crippen LogP contribution is 2.20. The first kappa shape index (κ1) is 20.0. The predicted molar refractivity (Wildman–Crippen MR) is 119 cm³/mol. The molecule has 6 heteroatoms. The highest BCUT2D eigenvalue weighted by molar-refractivity contribution is 6.30. The van der Waals surface area contributed by atoms with Crippen molar-refractivity contribution >= 4 is 28.5 Å². The van der Waals surface area contributed by atoms with Crippen molar-refractivity contribution in [3.05, 3.63) is 95.3 Å². The molecular weight excluding hydrogens is 398 g/mol. The highest BCUT2D eigenvalue weighted by atomic mass is 35.5. The van der Waals surface area contributed by atoms with Gasteiger partial charge in [-0.1, -0.05) is 54.1 Å². The minimum absolute atomic E-state index is 0.0812. The third kappa shape index (κ3) is 4.63. The lowest BCUT2D eigenvalue weighted by atomic mass is 10.1. The molecule has 4 aromatic rings. The highest BCUT2D eigenvalue weighted by Gasteiger charge is 2.16.